The third kappa shape index (κ3) is 13.2. The molecule has 3 rings (SSSR count). The average Bonchev–Trinajstić information content (AvgIpc) is 3.29. The van der Waals surface area contributed by atoms with Crippen LogP contribution in [0.1, 0.15) is 54.4 Å². The van der Waals surface area contributed by atoms with Crippen LogP contribution in [-0.4, -0.2) is 10.1 Å². The summed E-state index contributed by atoms with van der Waals surface area (Å²) >= 11 is 1.42. The predicted molar refractivity (Wildman–Crippen MR) is 118 cm³/mol. The van der Waals surface area contributed by atoms with Gasteiger partial charge in [0.05, 0.1) is 0 Å². The van der Waals surface area contributed by atoms with Gasteiger partial charge in [-0.3, -0.25) is 12.2 Å². The third-order valence-corrected chi connectivity index (χ3v) is 12.2. The molecule has 0 fully saturated rings. The molecule has 1 aromatic rings. The van der Waals surface area contributed by atoms with Crippen molar-refractivity contribution in [2.24, 2.45) is 10.8 Å². The topological polar surface area (TPSA) is 0 Å². The summed E-state index contributed by atoms with van der Waals surface area (Å²) < 4.78 is 1.64. The first-order valence-corrected chi connectivity index (χ1v) is 23.2. The molecule has 1 aromatic carbocycles. The van der Waals surface area contributed by atoms with Crippen molar-refractivity contribution in [3.63, 3.8) is 0 Å². The molecule has 2 aliphatic carbocycles. The molecule has 29 heavy (non-hydrogen) atoms. The fourth-order valence-corrected chi connectivity index (χ4v) is 7.09. The first kappa shape index (κ1) is 31.4. The normalized spacial score (nSPS) is 14.2. The monoisotopic (exact) mass is 658 g/mol. The van der Waals surface area contributed by atoms with Gasteiger partial charge in [0, 0.05) is 0 Å². The van der Waals surface area contributed by atoms with Crippen molar-refractivity contribution in [3.05, 3.63) is 77.9 Å². The molecule has 0 unspecified atom stereocenters. The van der Waals surface area contributed by atoms with Crippen LogP contribution < -0.4 is 29.2 Å². The maximum absolute atomic E-state index is 3.16. The summed E-state index contributed by atoms with van der Waals surface area (Å²) in [6.45, 7) is 13.3. The number of allylic oxidation sites excluding steroid dienone is 8. The zero-order chi connectivity index (χ0) is 20.5. The second kappa shape index (κ2) is 15.1. The fourth-order valence-electron chi connectivity index (χ4n) is 2.53. The van der Waals surface area contributed by atoms with E-state index in [2.05, 4.69) is 114 Å². The van der Waals surface area contributed by atoms with Crippen LogP contribution in [0, 0.1) is 23.0 Å². The zero-order valence-electron chi connectivity index (χ0n) is 18.9. The van der Waals surface area contributed by atoms with Crippen molar-refractivity contribution >= 4 is 14.5 Å². The average molecular weight is 657 g/mol. The first-order valence-electron chi connectivity index (χ1n) is 9.67. The third-order valence-electron chi connectivity index (χ3n) is 4.33. The molecule has 0 radical (unpaired) electrons. The number of rotatable bonds is 1. The Morgan fingerprint density at radius 1 is 0.759 bits per heavy atom. The van der Waals surface area contributed by atoms with E-state index in [0.29, 0.717) is 10.8 Å². The molecule has 0 nitrogen and oxygen atoms in total. The summed E-state index contributed by atoms with van der Waals surface area (Å²) in [7, 11) is -0.627. The number of hydrogen-bond donors (Lipinski definition) is 0. The summed E-state index contributed by atoms with van der Waals surface area (Å²) in [5.74, 6) is 2.43. The van der Waals surface area contributed by atoms with Crippen molar-refractivity contribution < 1.29 is 46.1 Å². The van der Waals surface area contributed by atoms with Crippen LogP contribution in [0.2, 0.25) is 5.76 Å². The van der Waals surface area contributed by atoms with Gasteiger partial charge in [-0.15, -0.1) is 12.8 Å². The van der Waals surface area contributed by atoms with Gasteiger partial charge in [0.25, 0.3) is 0 Å². The largest absolute Gasteiger partial charge is 1.00 e. The van der Waals surface area contributed by atoms with E-state index < -0.39 is 10.1 Å². The van der Waals surface area contributed by atoms with Crippen LogP contribution in [0.25, 0.3) is 0 Å². The summed E-state index contributed by atoms with van der Waals surface area (Å²) in [5, 5.41) is 0. The minimum Gasteiger partial charge on any atom is -1.00 e. The minimum absolute atomic E-state index is 0. The molecule has 0 spiro atoms. The van der Waals surface area contributed by atoms with E-state index in [4.69, 9.17) is 0 Å². The molecule has 0 N–H and O–H groups in total. The molecular weight excluding hydrogens is 622 g/mol. The molecule has 0 aliphatic heterocycles. The molecule has 0 aromatic heterocycles. The molecule has 0 amide bonds. The van der Waals surface area contributed by atoms with Crippen molar-refractivity contribution in [1.29, 1.82) is 0 Å². The minimum atomic E-state index is -0.627. The molecule has 0 bridgehead atoms. The Balaban J connectivity index is 0. The maximum atomic E-state index is 3.16. The van der Waals surface area contributed by atoms with E-state index in [-0.39, 0.29) is 24.8 Å². The van der Waals surface area contributed by atoms with Gasteiger partial charge < -0.3 is 24.8 Å². The summed E-state index contributed by atoms with van der Waals surface area (Å²) in [4.78, 5) is 0. The van der Waals surface area contributed by atoms with Gasteiger partial charge in [-0.25, -0.2) is 12.2 Å². The Hall–Kier alpha value is 0.173. The number of hydrogen-bond acceptors (Lipinski definition) is 0. The van der Waals surface area contributed by atoms with E-state index >= 15 is 0 Å². The quantitative estimate of drug-likeness (QED) is 0.306. The van der Waals surface area contributed by atoms with Gasteiger partial charge in [0.2, 0.25) is 0 Å². The number of halogens is 2. The predicted octanol–water partition coefficient (Wildman–Crippen LogP) is 0.514. The smallest absolute Gasteiger partial charge is 1.00 e. The van der Waals surface area contributed by atoms with E-state index in [9.17, 15) is 0 Å². The maximum Gasteiger partial charge on any atom is -1.00 e. The van der Waals surface area contributed by atoms with Crippen LogP contribution in [0.15, 0.2) is 65.8 Å². The standard InChI is InChI=1S/2C9H13.C7H8Ge.2ClH.Hf/c2*1-9(2,3)8-6-4-5-7-8;1-8-7-5-3-2-4-6-7;;;/h2*6-7H,4H2,1-3H3;2-6H,1H3;2*1H;/q2*-1;;;;+2/p-2. The van der Waals surface area contributed by atoms with Crippen LogP contribution in [0.4, 0.5) is 0 Å². The number of benzene rings is 1. The van der Waals surface area contributed by atoms with Gasteiger partial charge in [-0.2, -0.15) is 23.3 Å². The second-order valence-corrected chi connectivity index (χ2v) is 26.8. The van der Waals surface area contributed by atoms with E-state index in [1.165, 1.54) is 32.4 Å². The zero-order valence-corrected chi connectivity index (χ0v) is 26.1. The Kier molecular flexibility index (Phi) is 16.3. The van der Waals surface area contributed by atoms with Gasteiger partial charge in [-0.1, -0.05) is 52.4 Å². The Bertz CT molecular complexity index is 690. The molecule has 0 saturated carbocycles. The summed E-state index contributed by atoms with van der Waals surface area (Å²) in [5.41, 5.74) is 3.48. The van der Waals surface area contributed by atoms with Crippen molar-refractivity contribution in [3.8, 4) is 0 Å². The second-order valence-electron chi connectivity index (χ2n) is 8.92. The molecule has 0 heterocycles. The fraction of sp³-hybridized carbons (Fsp3) is 0.440. The molecule has 2 aliphatic rings. The van der Waals surface area contributed by atoms with Crippen LogP contribution in [0.5, 0.6) is 0 Å². The first-order chi connectivity index (χ1) is 12.5. The van der Waals surface area contributed by atoms with Crippen molar-refractivity contribution in [1.82, 2.24) is 0 Å². The molecular formula is C25H34Cl2GeHf-2. The Morgan fingerprint density at radius 2 is 1.14 bits per heavy atom. The van der Waals surface area contributed by atoms with Crippen LogP contribution in [0.3, 0.4) is 0 Å². The molecule has 4 heteroatoms. The summed E-state index contributed by atoms with van der Waals surface area (Å²) in [6.07, 6.45) is 17.0. The van der Waals surface area contributed by atoms with E-state index in [1.807, 2.05) is 0 Å². The Labute approximate surface area is 207 Å². The van der Waals surface area contributed by atoms with Crippen LogP contribution in [-0.2, 0) is 21.3 Å². The van der Waals surface area contributed by atoms with Crippen LogP contribution >= 0.6 is 0 Å². The Morgan fingerprint density at radius 3 is 1.31 bits per heavy atom. The van der Waals surface area contributed by atoms with Crippen molar-refractivity contribution in [2.45, 2.75) is 60.1 Å². The molecule has 0 atom stereocenters. The van der Waals surface area contributed by atoms with E-state index in [1.54, 1.807) is 4.40 Å². The van der Waals surface area contributed by atoms with E-state index in [0.717, 1.165) is 12.8 Å². The molecule has 158 valence electrons. The van der Waals surface area contributed by atoms with Crippen molar-refractivity contribution in [2.75, 3.05) is 0 Å². The molecule has 0 saturated heterocycles. The van der Waals surface area contributed by atoms with Gasteiger partial charge >= 0.3 is 71.8 Å². The van der Waals surface area contributed by atoms with Gasteiger partial charge in [0.1, 0.15) is 0 Å². The summed E-state index contributed by atoms with van der Waals surface area (Å²) in [6, 6.07) is 10.9. The van der Waals surface area contributed by atoms with Gasteiger partial charge in [-0.05, 0) is 0 Å². The van der Waals surface area contributed by atoms with Gasteiger partial charge in [0.15, 0.2) is 0 Å². The SMILES string of the molecule is CC(C)(C)C1=CC[C-]=C1.CC(C)(C)C1=CC[C-]=C1.[CH3][Ge](=[Hf+2])[c]1ccccc1.[Cl-].[Cl-].